The van der Waals surface area contributed by atoms with Gasteiger partial charge in [0.1, 0.15) is 0 Å². The Labute approximate surface area is 147 Å². The van der Waals surface area contributed by atoms with E-state index < -0.39 is 0 Å². The maximum atomic E-state index is 12.7. The molecule has 1 atom stereocenters. The van der Waals surface area contributed by atoms with Crippen LogP contribution in [0.15, 0.2) is 18.6 Å². The minimum atomic E-state index is -0.0446. The van der Waals surface area contributed by atoms with Crippen molar-refractivity contribution in [3.63, 3.8) is 0 Å². The molecule has 7 heteroatoms. The van der Waals surface area contributed by atoms with Gasteiger partial charge in [0, 0.05) is 31.5 Å². The van der Waals surface area contributed by atoms with E-state index in [0.29, 0.717) is 18.0 Å². The predicted molar refractivity (Wildman–Crippen MR) is 95.8 cm³/mol. The van der Waals surface area contributed by atoms with Gasteiger partial charge in [-0.3, -0.25) is 14.4 Å². The molecule has 7 nitrogen and oxygen atoms in total. The van der Waals surface area contributed by atoms with Gasteiger partial charge in [-0.2, -0.15) is 5.10 Å². The van der Waals surface area contributed by atoms with Crippen molar-refractivity contribution in [1.29, 1.82) is 0 Å². The van der Waals surface area contributed by atoms with Crippen LogP contribution in [0.2, 0.25) is 0 Å². The van der Waals surface area contributed by atoms with E-state index >= 15 is 0 Å². The van der Waals surface area contributed by atoms with Gasteiger partial charge in [-0.25, -0.2) is 9.97 Å². The van der Waals surface area contributed by atoms with Gasteiger partial charge in [-0.15, -0.1) is 0 Å². The van der Waals surface area contributed by atoms with Crippen LogP contribution in [0.5, 0.6) is 0 Å². The third kappa shape index (κ3) is 2.88. The van der Waals surface area contributed by atoms with Crippen LogP contribution in [0.25, 0.3) is 0 Å². The zero-order chi connectivity index (χ0) is 17.6. The van der Waals surface area contributed by atoms with E-state index in [1.54, 1.807) is 17.3 Å². The molecule has 0 radical (unpaired) electrons. The third-order valence-electron chi connectivity index (χ3n) is 5.01. The number of rotatable bonds is 3. The molecule has 2 aliphatic heterocycles. The Hall–Kier alpha value is -2.44. The number of anilines is 2. The van der Waals surface area contributed by atoms with Gasteiger partial charge >= 0.3 is 0 Å². The summed E-state index contributed by atoms with van der Waals surface area (Å²) in [4.78, 5) is 25.8. The first kappa shape index (κ1) is 16.1. The van der Waals surface area contributed by atoms with E-state index in [2.05, 4.69) is 35.8 Å². The van der Waals surface area contributed by atoms with E-state index in [1.807, 2.05) is 10.9 Å². The second-order valence-corrected chi connectivity index (χ2v) is 7.39. The molecule has 0 unspecified atom stereocenters. The highest BCUT2D eigenvalue weighted by Gasteiger charge is 2.32. The molecule has 0 spiro atoms. The Balaban J connectivity index is 1.58. The fourth-order valence-electron chi connectivity index (χ4n) is 3.55. The minimum Gasteiger partial charge on any atom is -0.341 e. The summed E-state index contributed by atoms with van der Waals surface area (Å²) in [5, 5.41) is 4.34. The van der Waals surface area contributed by atoms with Crippen LogP contribution in [-0.4, -0.2) is 38.7 Å². The summed E-state index contributed by atoms with van der Waals surface area (Å²) in [6.45, 7) is 8.84. The number of amides is 1. The summed E-state index contributed by atoms with van der Waals surface area (Å²) in [5.41, 5.74) is 2.22. The molecule has 1 amide bonds. The van der Waals surface area contributed by atoms with Crippen molar-refractivity contribution in [2.45, 2.75) is 46.2 Å². The second-order valence-electron chi connectivity index (χ2n) is 7.39. The number of nitrogens with zero attached hydrogens (tertiary/aromatic N) is 6. The van der Waals surface area contributed by atoms with Crippen LogP contribution in [0.3, 0.4) is 0 Å². The Kier molecular flexibility index (Phi) is 3.94. The molecule has 2 aromatic rings. The molecule has 0 aromatic carbocycles. The van der Waals surface area contributed by atoms with Crippen LogP contribution < -0.4 is 9.80 Å². The average Bonchev–Trinajstić information content (AvgIpc) is 3.20. The number of carbonyl (C=O) groups is 1. The molecule has 0 aliphatic carbocycles. The van der Waals surface area contributed by atoms with Gasteiger partial charge in [-0.1, -0.05) is 6.92 Å². The highest BCUT2D eigenvalue weighted by Crippen LogP contribution is 2.29. The predicted octanol–water partition coefficient (Wildman–Crippen LogP) is 2.65. The molecular formula is C18H24N6O. The molecule has 2 aromatic heterocycles. The standard InChI is InChI=1S/C18H24N6O/c1-12(2)24-10-14(7-20-24)23-11-16-15(17(23)25)8-19-18(21-16)22-6-4-5-13(3)9-22/h7-8,10,12-13H,4-6,9,11H2,1-3H3/t13-/m0/s1. The zero-order valence-electron chi connectivity index (χ0n) is 15.0. The summed E-state index contributed by atoms with van der Waals surface area (Å²) in [7, 11) is 0. The highest BCUT2D eigenvalue weighted by molar-refractivity contribution is 6.09. The molecule has 4 rings (SSSR count). The third-order valence-corrected chi connectivity index (χ3v) is 5.01. The maximum absolute atomic E-state index is 12.7. The first-order valence-corrected chi connectivity index (χ1v) is 9.00. The molecular weight excluding hydrogens is 316 g/mol. The fraction of sp³-hybridized carbons (Fsp3) is 0.556. The molecule has 132 valence electrons. The van der Waals surface area contributed by atoms with Gasteiger partial charge in [0.25, 0.3) is 5.91 Å². The molecule has 4 heterocycles. The SMILES string of the molecule is CC(C)n1cc(N2Cc3nc(N4CCC[C@H](C)C4)ncc3C2=O)cn1. The van der Waals surface area contributed by atoms with E-state index in [9.17, 15) is 4.79 Å². The molecule has 2 aliphatic rings. The minimum absolute atomic E-state index is 0.0446. The van der Waals surface area contributed by atoms with Gasteiger partial charge in [0.2, 0.25) is 5.95 Å². The quantitative estimate of drug-likeness (QED) is 0.859. The number of hydrogen-bond donors (Lipinski definition) is 0. The number of hydrogen-bond acceptors (Lipinski definition) is 5. The van der Waals surface area contributed by atoms with Crippen LogP contribution in [0.1, 0.15) is 55.7 Å². The van der Waals surface area contributed by atoms with Gasteiger partial charge in [-0.05, 0) is 32.6 Å². The lowest BCUT2D eigenvalue weighted by atomic mass is 10.0. The van der Waals surface area contributed by atoms with Gasteiger partial charge in [0.05, 0.1) is 29.7 Å². The lowest BCUT2D eigenvalue weighted by Gasteiger charge is -2.30. The Bertz CT molecular complexity index is 799. The van der Waals surface area contributed by atoms with E-state index in [1.165, 1.54) is 12.8 Å². The Morgan fingerprint density at radius 2 is 2.12 bits per heavy atom. The van der Waals surface area contributed by atoms with Gasteiger partial charge < -0.3 is 4.90 Å². The molecule has 1 fully saturated rings. The van der Waals surface area contributed by atoms with Gasteiger partial charge in [0.15, 0.2) is 0 Å². The molecule has 0 bridgehead atoms. The lowest BCUT2D eigenvalue weighted by Crippen LogP contribution is -2.35. The van der Waals surface area contributed by atoms with Crippen LogP contribution in [0.4, 0.5) is 11.6 Å². The maximum Gasteiger partial charge on any atom is 0.262 e. The topological polar surface area (TPSA) is 67.2 Å². The first-order valence-electron chi connectivity index (χ1n) is 9.00. The molecule has 25 heavy (non-hydrogen) atoms. The summed E-state index contributed by atoms with van der Waals surface area (Å²) in [5.74, 6) is 1.36. The van der Waals surface area contributed by atoms with E-state index in [-0.39, 0.29) is 11.9 Å². The molecule has 0 N–H and O–H groups in total. The smallest absolute Gasteiger partial charge is 0.262 e. The van der Waals surface area contributed by atoms with Crippen molar-refractivity contribution in [2.75, 3.05) is 22.9 Å². The normalized spacial score (nSPS) is 20.5. The van der Waals surface area contributed by atoms with Crippen LogP contribution in [0, 0.1) is 5.92 Å². The molecule has 1 saturated heterocycles. The summed E-state index contributed by atoms with van der Waals surface area (Å²) < 4.78 is 1.86. The van der Waals surface area contributed by atoms with Crippen molar-refractivity contribution in [2.24, 2.45) is 5.92 Å². The van der Waals surface area contributed by atoms with Crippen molar-refractivity contribution in [1.82, 2.24) is 19.7 Å². The number of fused-ring (bicyclic) bond motifs is 1. The van der Waals surface area contributed by atoms with Crippen molar-refractivity contribution in [3.05, 3.63) is 29.8 Å². The Morgan fingerprint density at radius 3 is 2.84 bits per heavy atom. The van der Waals surface area contributed by atoms with Crippen molar-refractivity contribution >= 4 is 17.5 Å². The van der Waals surface area contributed by atoms with E-state index in [4.69, 9.17) is 4.98 Å². The number of carbonyl (C=O) groups excluding carboxylic acids is 1. The Morgan fingerprint density at radius 1 is 1.28 bits per heavy atom. The number of aromatic nitrogens is 4. The van der Waals surface area contributed by atoms with Crippen molar-refractivity contribution in [3.8, 4) is 0 Å². The number of piperidine rings is 1. The monoisotopic (exact) mass is 340 g/mol. The first-order chi connectivity index (χ1) is 12.0. The average molecular weight is 340 g/mol. The largest absolute Gasteiger partial charge is 0.341 e. The van der Waals surface area contributed by atoms with E-state index in [0.717, 1.165) is 30.4 Å². The summed E-state index contributed by atoms with van der Waals surface area (Å²) >= 11 is 0. The van der Waals surface area contributed by atoms with Crippen LogP contribution >= 0.6 is 0 Å². The fourth-order valence-corrected chi connectivity index (χ4v) is 3.55. The zero-order valence-corrected chi connectivity index (χ0v) is 15.0. The lowest BCUT2D eigenvalue weighted by molar-refractivity contribution is 0.0996. The second kappa shape index (κ2) is 6.13. The summed E-state index contributed by atoms with van der Waals surface area (Å²) in [6.07, 6.45) is 7.76. The highest BCUT2D eigenvalue weighted by atomic mass is 16.2. The molecule has 0 saturated carbocycles. The van der Waals surface area contributed by atoms with Crippen LogP contribution in [-0.2, 0) is 6.54 Å². The summed E-state index contributed by atoms with van der Waals surface area (Å²) in [6, 6.07) is 0.265. The van der Waals surface area contributed by atoms with Crippen molar-refractivity contribution < 1.29 is 4.79 Å².